The van der Waals surface area contributed by atoms with Crippen LogP contribution in [0.15, 0.2) is 6.33 Å². The monoisotopic (exact) mass is 280 g/mol. The molecule has 2 unspecified atom stereocenters. The van der Waals surface area contributed by atoms with Crippen molar-refractivity contribution in [3.8, 4) is 0 Å². The van der Waals surface area contributed by atoms with Crippen LogP contribution >= 0.6 is 0 Å². The zero-order chi connectivity index (χ0) is 14.5. The largest absolute Gasteiger partial charge is 0.337 e. The number of urea groups is 1. The Bertz CT molecular complexity index is 440. The molecule has 0 saturated carbocycles. The quantitative estimate of drug-likeness (QED) is 0.831. The summed E-state index contributed by atoms with van der Waals surface area (Å²) < 4.78 is 1.80. The maximum Gasteiger partial charge on any atom is 0.315 e. The molecule has 1 aliphatic rings. The molecule has 1 fully saturated rings. The van der Waals surface area contributed by atoms with Gasteiger partial charge in [-0.15, -0.1) is 10.2 Å². The fourth-order valence-corrected chi connectivity index (χ4v) is 2.55. The van der Waals surface area contributed by atoms with E-state index in [-0.39, 0.29) is 12.1 Å². The molecule has 2 rings (SSSR count). The van der Waals surface area contributed by atoms with Gasteiger partial charge in [0.1, 0.15) is 6.33 Å². The molecule has 0 aromatic carbocycles. The fourth-order valence-electron chi connectivity index (χ4n) is 2.55. The Kier molecular flexibility index (Phi) is 4.94. The second-order valence-corrected chi connectivity index (χ2v) is 5.47. The minimum atomic E-state index is -0.162. The van der Waals surface area contributed by atoms with E-state index >= 15 is 0 Å². The topological polar surface area (TPSA) is 75.1 Å². The number of hydrogen-bond donors (Lipinski definition) is 2. The van der Waals surface area contributed by atoms with E-state index in [9.17, 15) is 4.79 Å². The fraction of sp³-hybridized carbons (Fsp3) is 0.769. The summed E-state index contributed by atoms with van der Waals surface area (Å²) >= 11 is 0. The molecule has 1 aromatic heterocycles. The molecule has 0 spiro atoms. The number of carbonyl (C=O) groups is 1. The highest BCUT2D eigenvalue weighted by Crippen LogP contribution is 2.11. The third-order valence-electron chi connectivity index (χ3n) is 3.80. The lowest BCUT2D eigenvalue weighted by Crippen LogP contribution is -2.45. The highest BCUT2D eigenvalue weighted by molar-refractivity contribution is 5.74. The van der Waals surface area contributed by atoms with Gasteiger partial charge >= 0.3 is 6.03 Å². The first-order chi connectivity index (χ1) is 9.58. The van der Waals surface area contributed by atoms with Crippen molar-refractivity contribution >= 4 is 6.03 Å². The van der Waals surface area contributed by atoms with E-state index in [4.69, 9.17) is 0 Å². The molecule has 1 saturated heterocycles. The predicted molar refractivity (Wildman–Crippen MR) is 76.2 cm³/mol. The first-order valence-electron chi connectivity index (χ1n) is 7.20. The summed E-state index contributed by atoms with van der Waals surface area (Å²) in [6.07, 6.45) is 4.15. The first kappa shape index (κ1) is 14.8. The van der Waals surface area contributed by atoms with Gasteiger partial charge < -0.3 is 15.2 Å². The number of aromatic nitrogens is 3. The molecule has 0 bridgehead atoms. The normalized spacial score (nSPS) is 18.8. The van der Waals surface area contributed by atoms with Crippen LogP contribution in [0, 0.1) is 0 Å². The van der Waals surface area contributed by atoms with Gasteiger partial charge in [0, 0.05) is 19.6 Å². The standard InChI is InChI=1S/C13H24N6O/c1-10(19-6-4-5-7-19)8-14-13(20)16-11(2)12-17-15-9-18(12)3/h9-11H,4-8H2,1-3H3,(H2,14,16,20). The average molecular weight is 280 g/mol. The van der Waals surface area contributed by atoms with Crippen molar-refractivity contribution in [3.05, 3.63) is 12.2 Å². The zero-order valence-electron chi connectivity index (χ0n) is 12.5. The van der Waals surface area contributed by atoms with Crippen molar-refractivity contribution in [2.45, 2.75) is 38.8 Å². The van der Waals surface area contributed by atoms with E-state index in [1.165, 1.54) is 12.8 Å². The van der Waals surface area contributed by atoms with Crippen LogP contribution in [-0.4, -0.2) is 51.4 Å². The Morgan fingerprint density at radius 2 is 2.10 bits per heavy atom. The number of nitrogens with zero attached hydrogens (tertiary/aromatic N) is 4. The SMILES string of the molecule is CC(NC(=O)NCC(C)N1CCCC1)c1nncn1C. The van der Waals surface area contributed by atoms with Crippen molar-refractivity contribution in [3.63, 3.8) is 0 Å². The number of amides is 2. The van der Waals surface area contributed by atoms with Crippen molar-refractivity contribution in [1.82, 2.24) is 30.3 Å². The molecule has 7 heteroatoms. The lowest BCUT2D eigenvalue weighted by atomic mass is 10.3. The molecule has 0 radical (unpaired) electrons. The van der Waals surface area contributed by atoms with Gasteiger partial charge in [-0.25, -0.2) is 4.79 Å². The van der Waals surface area contributed by atoms with Crippen LogP contribution in [0.2, 0.25) is 0 Å². The molecular formula is C13H24N6O. The minimum Gasteiger partial charge on any atom is -0.337 e. The number of hydrogen-bond acceptors (Lipinski definition) is 4. The van der Waals surface area contributed by atoms with Gasteiger partial charge in [0.15, 0.2) is 5.82 Å². The minimum absolute atomic E-state index is 0.161. The summed E-state index contributed by atoms with van der Waals surface area (Å²) in [5.74, 6) is 0.743. The number of carbonyl (C=O) groups excluding carboxylic acids is 1. The lowest BCUT2D eigenvalue weighted by molar-refractivity contribution is 0.223. The molecular weight excluding hydrogens is 256 g/mol. The Balaban J connectivity index is 1.73. The van der Waals surface area contributed by atoms with E-state index in [1.807, 2.05) is 14.0 Å². The Morgan fingerprint density at radius 1 is 1.40 bits per heavy atom. The van der Waals surface area contributed by atoms with Gasteiger partial charge in [-0.3, -0.25) is 4.90 Å². The summed E-state index contributed by atoms with van der Waals surface area (Å²) in [7, 11) is 1.86. The molecule has 2 atom stereocenters. The Hall–Kier alpha value is -1.63. The van der Waals surface area contributed by atoms with Crippen molar-refractivity contribution in [2.24, 2.45) is 7.05 Å². The highest BCUT2D eigenvalue weighted by Gasteiger charge is 2.19. The first-order valence-corrected chi connectivity index (χ1v) is 7.20. The van der Waals surface area contributed by atoms with Crippen LogP contribution in [0.1, 0.15) is 38.6 Å². The van der Waals surface area contributed by atoms with Crippen LogP contribution in [0.4, 0.5) is 4.79 Å². The van der Waals surface area contributed by atoms with E-state index in [1.54, 1.807) is 10.9 Å². The van der Waals surface area contributed by atoms with E-state index < -0.39 is 0 Å². The smallest absolute Gasteiger partial charge is 0.315 e. The van der Waals surface area contributed by atoms with Gasteiger partial charge in [-0.2, -0.15) is 0 Å². The summed E-state index contributed by atoms with van der Waals surface area (Å²) in [4.78, 5) is 14.3. The lowest BCUT2D eigenvalue weighted by Gasteiger charge is -2.24. The van der Waals surface area contributed by atoms with Gasteiger partial charge in [0.05, 0.1) is 6.04 Å². The molecule has 112 valence electrons. The second kappa shape index (κ2) is 6.69. The number of likely N-dealkylation sites (tertiary alicyclic amines) is 1. The molecule has 20 heavy (non-hydrogen) atoms. The third-order valence-corrected chi connectivity index (χ3v) is 3.80. The highest BCUT2D eigenvalue weighted by atomic mass is 16.2. The van der Waals surface area contributed by atoms with Crippen molar-refractivity contribution in [1.29, 1.82) is 0 Å². The van der Waals surface area contributed by atoms with Crippen molar-refractivity contribution in [2.75, 3.05) is 19.6 Å². The van der Waals surface area contributed by atoms with Gasteiger partial charge in [0.2, 0.25) is 0 Å². The van der Waals surface area contributed by atoms with E-state index in [0.717, 1.165) is 18.9 Å². The van der Waals surface area contributed by atoms with Crippen LogP contribution < -0.4 is 10.6 Å². The summed E-state index contributed by atoms with van der Waals surface area (Å²) in [6.45, 7) is 6.99. The summed E-state index contributed by atoms with van der Waals surface area (Å²) in [5, 5.41) is 13.6. The summed E-state index contributed by atoms with van der Waals surface area (Å²) in [5.41, 5.74) is 0. The maximum atomic E-state index is 11.9. The van der Waals surface area contributed by atoms with Gasteiger partial charge in [-0.1, -0.05) is 0 Å². The number of aryl methyl sites for hydroxylation is 1. The van der Waals surface area contributed by atoms with Gasteiger partial charge in [-0.05, 0) is 39.8 Å². The van der Waals surface area contributed by atoms with Crippen LogP contribution in [0.3, 0.4) is 0 Å². The third kappa shape index (κ3) is 3.69. The predicted octanol–water partition coefficient (Wildman–Crippen LogP) is 0.660. The van der Waals surface area contributed by atoms with Crippen LogP contribution in [-0.2, 0) is 7.05 Å². The van der Waals surface area contributed by atoms with Crippen LogP contribution in [0.5, 0.6) is 0 Å². The molecule has 0 aliphatic carbocycles. The number of rotatable bonds is 5. The molecule has 7 nitrogen and oxygen atoms in total. The summed E-state index contributed by atoms with van der Waals surface area (Å²) in [6, 6.07) is 0.0597. The Morgan fingerprint density at radius 3 is 2.70 bits per heavy atom. The molecule has 1 aliphatic heterocycles. The van der Waals surface area contributed by atoms with Crippen molar-refractivity contribution < 1.29 is 4.79 Å². The molecule has 2 heterocycles. The average Bonchev–Trinajstić information content (AvgIpc) is 3.06. The van der Waals surface area contributed by atoms with Crippen LogP contribution in [0.25, 0.3) is 0 Å². The second-order valence-electron chi connectivity index (χ2n) is 5.47. The zero-order valence-corrected chi connectivity index (χ0v) is 12.5. The molecule has 2 amide bonds. The Labute approximate surface area is 119 Å². The van der Waals surface area contributed by atoms with Gasteiger partial charge in [0.25, 0.3) is 0 Å². The molecule has 1 aromatic rings. The van der Waals surface area contributed by atoms with E-state index in [2.05, 4.69) is 32.7 Å². The molecule has 2 N–H and O–H groups in total. The number of nitrogens with one attached hydrogen (secondary N) is 2. The van der Waals surface area contributed by atoms with E-state index in [0.29, 0.717) is 12.6 Å². The maximum absolute atomic E-state index is 11.9.